The van der Waals surface area contributed by atoms with Gasteiger partial charge in [0.15, 0.2) is 0 Å². The molecule has 1 aliphatic rings. The van der Waals surface area contributed by atoms with Gasteiger partial charge in [0.25, 0.3) is 0 Å². The molecule has 0 amide bonds. The molecule has 3 nitrogen and oxygen atoms in total. The molecule has 1 N–H and O–H groups in total. The topological polar surface area (TPSA) is 53.2 Å². The lowest BCUT2D eigenvalue weighted by molar-refractivity contribution is -0.0376. The number of nitrogens with zero attached hydrogens (tertiary/aromatic N) is 1. The van der Waals surface area contributed by atoms with E-state index >= 15 is 0 Å². The van der Waals surface area contributed by atoms with Gasteiger partial charge in [-0.1, -0.05) is 49.6 Å². The van der Waals surface area contributed by atoms with E-state index in [0.29, 0.717) is 6.61 Å². The maximum absolute atomic E-state index is 10.3. The number of benzene rings is 1. The fourth-order valence-electron chi connectivity index (χ4n) is 2.72. The van der Waals surface area contributed by atoms with Crippen molar-refractivity contribution in [2.45, 2.75) is 44.8 Å². The first-order valence-corrected chi connectivity index (χ1v) is 6.98. The predicted octanol–water partition coefficient (Wildman–Crippen LogP) is 3.04. The quantitative estimate of drug-likeness (QED) is 0.884. The third-order valence-electron chi connectivity index (χ3n) is 3.99. The van der Waals surface area contributed by atoms with Crippen LogP contribution in [-0.4, -0.2) is 17.8 Å². The van der Waals surface area contributed by atoms with Crippen LogP contribution in [0.5, 0.6) is 0 Å². The lowest BCUT2D eigenvalue weighted by atomic mass is 9.71. The smallest absolute Gasteiger partial charge is 0.0959 e. The molecule has 1 unspecified atom stereocenters. The van der Waals surface area contributed by atoms with Crippen LogP contribution in [0.2, 0.25) is 0 Å². The standard InChI is InChI=1S/C16H21NO2/c17-13-16(9-5-2-6-10-16)15(18)12-19-11-14-7-3-1-4-8-14/h1,3-4,7-8,15,18H,2,5-6,9-12H2. The molecule has 0 heterocycles. The molecule has 3 heteroatoms. The van der Waals surface area contributed by atoms with Gasteiger partial charge in [-0.25, -0.2) is 0 Å². The maximum atomic E-state index is 10.3. The second kappa shape index (κ2) is 6.70. The van der Waals surface area contributed by atoms with Gasteiger partial charge in [-0.15, -0.1) is 0 Å². The van der Waals surface area contributed by atoms with Crippen molar-refractivity contribution in [1.29, 1.82) is 5.26 Å². The molecule has 0 radical (unpaired) electrons. The Morgan fingerprint density at radius 2 is 1.89 bits per heavy atom. The number of ether oxygens (including phenoxy) is 1. The third-order valence-corrected chi connectivity index (χ3v) is 3.99. The number of nitriles is 1. The Kier molecular flexibility index (Phi) is 4.95. The second-order valence-corrected chi connectivity index (χ2v) is 5.35. The average Bonchev–Trinajstić information content (AvgIpc) is 2.49. The molecule has 0 aliphatic heterocycles. The Balaban J connectivity index is 1.83. The highest BCUT2D eigenvalue weighted by atomic mass is 16.5. The lowest BCUT2D eigenvalue weighted by Crippen LogP contribution is -2.39. The molecule has 1 atom stereocenters. The first-order chi connectivity index (χ1) is 9.27. The van der Waals surface area contributed by atoms with Crippen LogP contribution >= 0.6 is 0 Å². The third kappa shape index (κ3) is 3.56. The van der Waals surface area contributed by atoms with Crippen LogP contribution in [0.1, 0.15) is 37.7 Å². The normalized spacial score (nSPS) is 19.6. The van der Waals surface area contributed by atoms with E-state index in [1.54, 1.807) is 0 Å². The summed E-state index contributed by atoms with van der Waals surface area (Å²) in [7, 11) is 0. The largest absolute Gasteiger partial charge is 0.389 e. The number of hydrogen-bond donors (Lipinski definition) is 1. The summed E-state index contributed by atoms with van der Waals surface area (Å²) >= 11 is 0. The van der Waals surface area contributed by atoms with E-state index in [0.717, 1.165) is 31.2 Å². The van der Waals surface area contributed by atoms with Crippen molar-refractivity contribution < 1.29 is 9.84 Å². The second-order valence-electron chi connectivity index (χ2n) is 5.35. The number of aliphatic hydroxyl groups excluding tert-OH is 1. The van der Waals surface area contributed by atoms with Crippen LogP contribution in [0, 0.1) is 16.7 Å². The summed E-state index contributed by atoms with van der Waals surface area (Å²) in [6, 6.07) is 12.2. The first-order valence-electron chi connectivity index (χ1n) is 6.98. The van der Waals surface area contributed by atoms with E-state index in [2.05, 4.69) is 6.07 Å². The molecule has 1 aliphatic carbocycles. The van der Waals surface area contributed by atoms with Gasteiger partial charge in [0, 0.05) is 0 Å². The monoisotopic (exact) mass is 259 g/mol. The van der Waals surface area contributed by atoms with E-state index in [1.165, 1.54) is 6.42 Å². The molecule has 1 aromatic rings. The van der Waals surface area contributed by atoms with Crippen molar-refractivity contribution in [2.75, 3.05) is 6.61 Å². The molecule has 0 spiro atoms. The van der Waals surface area contributed by atoms with E-state index in [4.69, 9.17) is 4.74 Å². The van der Waals surface area contributed by atoms with E-state index in [9.17, 15) is 10.4 Å². The minimum atomic E-state index is -0.679. The fraction of sp³-hybridized carbons (Fsp3) is 0.562. The first kappa shape index (κ1) is 14.0. The summed E-state index contributed by atoms with van der Waals surface area (Å²) in [6.45, 7) is 0.724. The molecule has 2 rings (SSSR count). The highest BCUT2D eigenvalue weighted by molar-refractivity contribution is 5.13. The molecular formula is C16H21NO2. The van der Waals surface area contributed by atoms with Crippen molar-refractivity contribution in [3.05, 3.63) is 35.9 Å². The maximum Gasteiger partial charge on any atom is 0.0959 e. The molecule has 0 bridgehead atoms. The summed E-state index contributed by atoms with van der Waals surface area (Å²) in [4.78, 5) is 0. The van der Waals surface area contributed by atoms with Gasteiger partial charge in [0.1, 0.15) is 0 Å². The zero-order valence-electron chi connectivity index (χ0n) is 11.2. The Morgan fingerprint density at radius 1 is 1.21 bits per heavy atom. The van der Waals surface area contributed by atoms with Gasteiger partial charge < -0.3 is 9.84 Å². The van der Waals surface area contributed by atoms with Gasteiger partial charge in [-0.2, -0.15) is 5.26 Å². The molecule has 1 aromatic carbocycles. The van der Waals surface area contributed by atoms with Crippen molar-refractivity contribution in [1.82, 2.24) is 0 Å². The molecule has 1 fully saturated rings. The number of hydrogen-bond acceptors (Lipinski definition) is 3. The minimum absolute atomic E-state index is 0.239. The van der Waals surface area contributed by atoms with Crippen LogP contribution in [0.25, 0.3) is 0 Å². The van der Waals surface area contributed by atoms with Crippen molar-refractivity contribution in [3.63, 3.8) is 0 Å². The summed E-state index contributed by atoms with van der Waals surface area (Å²) in [5.74, 6) is 0. The number of aliphatic hydroxyl groups is 1. The zero-order chi connectivity index (χ0) is 13.6. The molecule has 1 saturated carbocycles. The molecule has 102 valence electrons. The van der Waals surface area contributed by atoms with E-state index < -0.39 is 11.5 Å². The van der Waals surface area contributed by atoms with E-state index in [1.807, 2.05) is 30.3 Å². The Morgan fingerprint density at radius 3 is 2.53 bits per heavy atom. The van der Waals surface area contributed by atoms with Crippen LogP contribution in [-0.2, 0) is 11.3 Å². The summed E-state index contributed by atoms with van der Waals surface area (Å²) in [5, 5.41) is 19.6. The highest BCUT2D eigenvalue weighted by Crippen LogP contribution is 2.38. The minimum Gasteiger partial charge on any atom is -0.389 e. The fourth-order valence-corrected chi connectivity index (χ4v) is 2.72. The van der Waals surface area contributed by atoms with Crippen LogP contribution in [0.3, 0.4) is 0 Å². The van der Waals surface area contributed by atoms with Gasteiger partial charge >= 0.3 is 0 Å². The molecule has 19 heavy (non-hydrogen) atoms. The predicted molar refractivity (Wildman–Crippen MR) is 73.2 cm³/mol. The van der Waals surface area contributed by atoms with Gasteiger partial charge in [-0.3, -0.25) is 0 Å². The molecule has 0 saturated heterocycles. The van der Waals surface area contributed by atoms with Crippen molar-refractivity contribution >= 4 is 0 Å². The van der Waals surface area contributed by atoms with Crippen LogP contribution in [0.4, 0.5) is 0 Å². The Hall–Kier alpha value is -1.37. The van der Waals surface area contributed by atoms with Gasteiger partial charge in [0.05, 0.1) is 30.8 Å². The molecule has 0 aromatic heterocycles. The lowest BCUT2D eigenvalue weighted by Gasteiger charge is -2.34. The van der Waals surface area contributed by atoms with Crippen molar-refractivity contribution in [3.8, 4) is 6.07 Å². The van der Waals surface area contributed by atoms with Gasteiger partial charge in [0.2, 0.25) is 0 Å². The Labute approximate surface area is 114 Å². The van der Waals surface area contributed by atoms with Crippen molar-refractivity contribution in [2.24, 2.45) is 5.41 Å². The Bertz CT molecular complexity index is 418. The zero-order valence-corrected chi connectivity index (χ0v) is 11.2. The summed E-state index contributed by atoms with van der Waals surface area (Å²) in [5.41, 5.74) is 0.499. The highest BCUT2D eigenvalue weighted by Gasteiger charge is 2.39. The average molecular weight is 259 g/mol. The molecular weight excluding hydrogens is 238 g/mol. The van der Waals surface area contributed by atoms with E-state index in [-0.39, 0.29) is 6.61 Å². The SMILES string of the molecule is N#CC1(C(O)COCc2ccccc2)CCCCC1. The summed E-state index contributed by atoms with van der Waals surface area (Å²) < 4.78 is 5.56. The van der Waals surface area contributed by atoms with Crippen LogP contribution in [0.15, 0.2) is 30.3 Å². The number of rotatable bonds is 5. The van der Waals surface area contributed by atoms with Crippen LogP contribution < -0.4 is 0 Å². The van der Waals surface area contributed by atoms with Gasteiger partial charge in [-0.05, 0) is 18.4 Å². The summed E-state index contributed by atoms with van der Waals surface area (Å²) in [6.07, 6.45) is 4.13.